The molecule has 2 aromatic rings. The molecular weight excluding hydrogens is 390 g/mol. The molecule has 3 rings (SSSR count). The van der Waals surface area contributed by atoms with E-state index in [9.17, 15) is 14.7 Å². The van der Waals surface area contributed by atoms with Gasteiger partial charge in [0.2, 0.25) is 0 Å². The molecule has 1 aromatic heterocycles. The van der Waals surface area contributed by atoms with Crippen LogP contribution in [0.1, 0.15) is 29.5 Å². The van der Waals surface area contributed by atoms with Gasteiger partial charge >= 0.3 is 0 Å². The number of benzene rings is 1. The van der Waals surface area contributed by atoms with Crippen molar-refractivity contribution in [1.29, 1.82) is 0 Å². The average molecular weight is 415 g/mol. The maximum atomic E-state index is 13.0. The number of methoxy groups -OCH3 is 3. The Morgan fingerprint density at radius 1 is 1.10 bits per heavy atom. The summed E-state index contributed by atoms with van der Waals surface area (Å²) in [4.78, 5) is 27.2. The summed E-state index contributed by atoms with van der Waals surface area (Å²) >= 11 is 0. The van der Waals surface area contributed by atoms with Crippen LogP contribution in [0, 0.1) is 6.92 Å². The lowest BCUT2D eigenvalue weighted by molar-refractivity contribution is -0.140. The minimum Gasteiger partial charge on any atom is -0.506 e. The Hall–Kier alpha value is -3.26. The van der Waals surface area contributed by atoms with Crippen molar-refractivity contribution in [3.8, 4) is 11.5 Å². The lowest BCUT2D eigenvalue weighted by atomic mass is 9.98. The highest BCUT2D eigenvalue weighted by Gasteiger charge is 2.47. The number of rotatable bonds is 8. The molecule has 1 aliphatic rings. The molecular formula is C22H25NO7. The Balaban J connectivity index is 2.20. The second-order valence-electron chi connectivity index (χ2n) is 6.82. The molecule has 8 nitrogen and oxygen atoms in total. The van der Waals surface area contributed by atoms with E-state index in [1.165, 1.54) is 19.1 Å². The van der Waals surface area contributed by atoms with Gasteiger partial charge in [0, 0.05) is 20.3 Å². The quantitative estimate of drug-likeness (QED) is 0.306. The number of carbonyl (C=O) groups excluding carboxylic acids is 2. The average Bonchev–Trinajstić information content (AvgIpc) is 3.28. The first kappa shape index (κ1) is 21.4. The molecule has 0 aliphatic carbocycles. The summed E-state index contributed by atoms with van der Waals surface area (Å²) in [6.07, 6.45) is 0.526. The minimum absolute atomic E-state index is 0.0745. The van der Waals surface area contributed by atoms with Crippen molar-refractivity contribution < 1.29 is 33.3 Å². The van der Waals surface area contributed by atoms with Crippen LogP contribution in [0.2, 0.25) is 0 Å². The van der Waals surface area contributed by atoms with Crippen LogP contribution in [0.3, 0.4) is 0 Å². The molecule has 0 radical (unpaired) electrons. The van der Waals surface area contributed by atoms with E-state index in [1.807, 2.05) is 0 Å². The van der Waals surface area contributed by atoms with Crippen molar-refractivity contribution in [3.05, 3.63) is 53.0 Å². The first-order chi connectivity index (χ1) is 14.4. The predicted octanol–water partition coefficient (Wildman–Crippen LogP) is 3.06. The van der Waals surface area contributed by atoms with Gasteiger partial charge in [0.1, 0.15) is 40.4 Å². The van der Waals surface area contributed by atoms with Crippen LogP contribution in [0.15, 0.2) is 40.3 Å². The van der Waals surface area contributed by atoms with Gasteiger partial charge in [-0.05, 0) is 37.6 Å². The Morgan fingerprint density at radius 3 is 2.30 bits per heavy atom. The summed E-state index contributed by atoms with van der Waals surface area (Å²) < 4.78 is 21.5. The molecule has 1 N–H and O–H groups in total. The number of furan rings is 1. The zero-order valence-corrected chi connectivity index (χ0v) is 17.4. The summed E-state index contributed by atoms with van der Waals surface area (Å²) in [5.41, 5.74) is 0.125. The molecule has 0 spiro atoms. The topological polar surface area (TPSA) is 98.4 Å². The number of ether oxygens (including phenoxy) is 3. The zero-order chi connectivity index (χ0) is 21.8. The van der Waals surface area contributed by atoms with E-state index in [2.05, 4.69) is 0 Å². The Labute approximate surface area is 174 Å². The van der Waals surface area contributed by atoms with Crippen LogP contribution < -0.4 is 9.47 Å². The Kier molecular flexibility index (Phi) is 6.47. The molecule has 1 atom stereocenters. The number of nitrogens with zero attached hydrogens (tertiary/aromatic N) is 1. The third kappa shape index (κ3) is 3.78. The zero-order valence-electron chi connectivity index (χ0n) is 17.4. The summed E-state index contributed by atoms with van der Waals surface area (Å²) in [6.45, 7) is 2.46. The third-order valence-electron chi connectivity index (χ3n) is 4.98. The molecule has 1 fully saturated rings. The Bertz CT molecular complexity index is 953. The van der Waals surface area contributed by atoms with E-state index in [4.69, 9.17) is 18.6 Å². The largest absolute Gasteiger partial charge is 0.506 e. The second-order valence-corrected chi connectivity index (χ2v) is 6.82. The number of amides is 1. The number of carbonyl (C=O) groups is 2. The fraction of sp³-hybridized carbons (Fsp3) is 0.364. The van der Waals surface area contributed by atoms with Gasteiger partial charge < -0.3 is 28.6 Å². The van der Waals surface area contributed by atoms with Gasteiger partial charge in [-0.15, -0.1) is 0 Å². The van der Waals surface area contributed by atoms with Crippen LogP contribution in [-0.4, -0.2) is 56.2 Å². The number of Topliss-reactive ketones (excluding diaryl/α,β-unsaturated/α-hetero) is 1. The van der Waals surface area contributed by atoms with E-state index < -0.39 is 17.7 Å². The Morgan fingerprint density at radius 2 is 1.77 bits per heavy atom. The number of likely N-dealkylation sites (tertiary alicyclic amines) is 1. The monoisotopic (exact) mass is 415 g/mol. The second kappa shape index (κ2) is 9.04. The summed E-state index contributed by atoms with van der Waals surface area (Å²) in [7, 11) is 4.46. The normalized spacial score (nSPS) is 18.1. The van der Waals surface area contributed by atoms with Gasteiger partial charge in [-0.25, -0.2) is 0 Å². The van der Waals surface area contributed by atoms with E-state index in [0.29, 0.717) is 36.0 Å². The maximum Gasteiger partial charge on any atom is 0.295 e. The van der Waals surface area contributed by atoms with E-state index in [1.54, 1.807) is 44.4 Å². The molecule has 2 heterocycles. The molecule has 0 saturated carbocycles. The van der Waals surface area contributed by atoms with Crippen LogP contribution in [-0.2, 0) is 14.3 Å². The van der Waals surface area contributed by atoms with Crippen LogP contribution >= 0.6 is 0 Å². The van der Waals surface area contributed by atoms with Crippen molar-refractivity contribution in [2.75, 3.05) is 34.5 Å². The number of aryl methyl sites for hydroxylation is 1. The summed E-state index contributed by atoms with van der Waals surface area (Å²) in [5.74, 6) is -0.242. The fourth-order valence-corrected chi connectivity index (χ4v) is 3.61. The third-order valence-corrected chi connectivity index (χ3v) is 4.98. The molecule has 1 saturated heterocycles. The summed E-state index contributed by atoms with van der Waals surface area (Å²) in [6, 6.07) is 7.54. The van der Waals surface area contributed by atoms with Gasteiger partial charge in [0.15, 0.2) is 0 Å². The number of hydrogen-bond donors (Lipinski definition) is 1. The predicted molar refractivity (Wildman–Crippen MR) is 108 cm³/mol. The molecule has 160 valence electrons. The van der Waals surface area contributed by atoms with E-state index in [-0.39, 0.29) is 23.4 Å². The van der Waals surface area contributed by atoms with Gasteiger partial charge in [0.05, 0.1) is 19.8 Å². The van der Waals surface area contributed by atoms with Crippen molar-refractivity contribution >= 4 is 17.4 Å². The first-order valence-corrected chi connectivity index (χ1v) is 9.49. The van der Waals surface area contributed by atoms with Crippen LogP contribution in [0.5, 0.6) is 11.5 Å². The molecule has 8 heteroatoms. The summed E-state index contributed by atoms with van der Waals surface area (Å²) in [5, 5.41) is 11.2. The smallest absolute Gasteiger partial charge is 0.295 e. The SMILES string of the molecule is COCCCN1C(=O)C(=O)/C(=C(/O)c2c(OC)cccc2OC)C1c1ccc(C)o1. The molecule has 1 amide bonds. The fourth-order valence-electron chi connectivity index (χ4n) is 3.61. The standard InChI is InChI=1S/C22H25NO7/c1-13-9-10-16(30-13)19-18(21(25)22(26)23(19)11-6-12-27-2)20(24)17-14(28-3)7-5-8-15(17)29-4/h5,7-10,19,24H,6,11-12H2,1-4H3/b20-18+. The van der Waals surface area contributed by atoms with Crippen molar-refractivity contribution in [2.45, 2.75) is 19.4 Å². The number of aliphatic hydroxyl groups excluding tert-OH is 1. The number of hydrogen-bond acceptors (Lipinski definition) is 7. The van der Waals surface area contributed by atoms with Gasteiger partial charge in [-0.2, -0.15) is 0 Å². The van der Waals surface area contributed by atoms with Gasteiger partial charge in [-0.3, -0.25) is 9.59 Å². The molecule has 1 unspecified atom stereocenters. The highest BCUT2D eigenvalue weighted by atomic mass is 16.5. The van der Waals surface area contributed by atoms with Crippen molar-refractivity contribution in [1.82, 2.24) is 4.90 Å². The number of ketones is 1. The van der Waals surface area contributed by atoms with Crippen LogP contribution in [0.25, 0.3) is 5.76 Å². The lowest BCUT2D eigenvalue weighted by Gasteiger charge is -2.23. The molecule has 0 bridgehead atoms. The first-order valence-electron chi connectivity index (χ1n) is 9.49. The molecule has 1 aromatic carbocycles. The van der Waals surface area contributed by atoms with E-state index >= 15 is 0 Å². The maximum absolute atomic E-state index is 13.0. The van der Waals surface area contributed by atoms with Crippen molar-refractivity contribution in [3.63, 3.8) is 0 Å². The molecule has 1 aliphatic heterocycles. The minimum atomic E-state index is -0.870. The lowest BCUT2D eigenvalue weighted by Crippen LogP contribution is -2.31. The van der Waals surface area contributed by atoms with Gasteiger partial charge in [-0.1, -0.05) is 6.07 Å². The number of aliphatic hydroxyl groups is 1. The van der Waals surface area contributed by atoms with E-state index in [0.717, 1.165) is 0 Å². The van der Waals surface area contributed by atoms with Crippen molar-refractivity contribution in [2.24, 2.45) is 0 Å². The highest BCUT2D eigenvalue weighted by molar-refractivity contribution is 6.46. The molecule has 30 heavy (non-hydrogen) atoms. The van der Waals surface area contributed by atoms with Gasteiger partial charge in [0.25, 0.3) is 11.7 Å². The van der Waals surface area contributed by atoms with Crippen LogP contribution in [0.4, 0.5) is 0 Å². The highest BCUT2D eigenvalue weighted by Crippen LogP contribution is 2.43.